The maximum Gasteiger partial charge on any atom is 0.113 e. The predicted molar refractivity (Wildman–Crippen MR) is 61.7 cm³/mol. The number of nitrogens with zero attached hydrogens (tertiary/aromatic N) is 1. The Labute approximate surface area is 92.5 Å². The highest BCUT2D eigenvalue weighted by Crippen LogP contribution is 2.25. The molecule has 1 aliphatic carbocycles. The Morgan fingerprint density at radius 1 is 1.33 bits per heavy atom. The number of hydrogen-bond acceptors (Lipinski definition) is 3. The van der Waals surface area contributed by atoms with E-state index in [0.29, 0.717) is 12.1 Å². The number of piperazine rings is 1. The van der Waals surface area contributed by atoms with Gasteiger partial charge in [-0.2, -0.15) is 0 Å². The number of ether oxygens (including phenoxy) is 1. The van der Waals surface area contributed by atoms with Crippen LogP contribution in [0.3, 0.4) is 0 Å². The van der Waals surface area contributed by atoms with Crippen molar-refractivity contribution < 1.29 is 4.74 Å². The molecule has 3 heteroatoms. The van der Waals surface area contributed by atoms with Gasteiger partial charge in [0.1, 0.15) is 6.23 Å². The van der Waals surface area contributed by atoms with Gasteiger partial charge >= 0.3 is 0 Å². The molecule has 0 saturated carbocycles. The summed E-state index contributed by atoms with van der Waals surface area (Å²) in [7, 11) is 1.85. The van der Waals surface area contributed by atoms with E-state index < -0.39 is 0 Å². The molecule has 86 valence electrons. The molecule has 2 aliphatic rings. The molecule has 2 atom stereocenters. The molecule has 3 nitrogen and oxygen atoms in total. The molecule has 0 aromatic heterocycles. The molecule has 2 rings (SSSR count). The van der Waals surface area contributed by atoms with Crippen molar-refractivity contribution in [2.75, 3.05) is 33.3 Å². The summed E-state index contributed by atoms with van der Waals surface area (Å²) in [4.78, 5) is 2.49. The first kappa shape index (κ1) is 11.1. The van der Waals surface area contributed by atoms with Crippen LogP contribution in [0.15, 0.2) is 12.2 Å². The van der Waals surface area contributed by atoms with E-state index in [4.69, 9.17) is 4.74 Å². The molecule has 0 aromatic rings. The highest BCUT2D eigenvalue weighted by Gasteiger charge is 2.28. The summed E-state index contributed by atoms with van der Waals surface area (Å²) in [6.45, 7) is 4.45. The normalized spacial score (nSPS) is 30.3. The molecule has 1 fully saturated rings. The highest BCUT2D eigenvalue weighted by molar-refractivity contribution is 4.92. The summed E-state index contributed by atoms with van der Waals surface area (Å²) in [6, 6.07) is 0. The van der Waals surface area contributed by atoms with Crippen LogP contribution in [0.1, 0.15) is 19.3 Å². The fourth-order valence-corrected chi connectivity index (χ4v) is 2.65. The highest BCUT2D eigenvalue weighted by atomic mass is 16.5. The number of methoxy groups -OCH3 is 1. The van der Waals surface area contributed by atoms with Gasteiger partial charge < -0.3 is 10.1 Å². The SMILES string of the molecule is COC(C1CC=CCC1)N1CCNCC1. The smallest absolute Gasteiger partial charge is 0.113 e. The van der Waals surface area contributed by atoms with Crippen molar-refractivity contribution in [1.82, 2.24) is 10.2 Å². The second-order valence-electron chi connectivity index (χ2n) is 4.46. The molecule has 1 aliphatic heterocycles. The average Bonchev–Trinajstić information content (AvgIpc) is 2.33. The van der Waals surface area contributed by atoms with Gasteiger partial charge in [0.25, 0.3) is 0 Å². The molecule has 1 saturated heterocycles. The summed E-state index contributed by atoms with van der Waals surface area (Å²) in [5.74, 6) is 0.693. The van der Waals surface area contributed by atoms with Gasteiger partial charge in [-0.05, 0) is 19.3 Å². The number of allylic oxidation sites excluding steroid dienone is 2. The minimum absolute atomic E-state index is 0.331. The second-order valence-corrected chi connectivity index (χ2v) is 4.46. The lowest BCUT2D eigenvalue weighted by molar-refractivity contribution is -0.0771. The Morgan fingerprint density at radius 2 is 2.13 bits per heavy atom. The average molecular weight is 210 g/mol. The van der Waals surface area contributed by atoms with Gasteiger partial charge in [-0.3, -0.25) is 4.90 Å². The summed E-state index contributed by atoms with van der Waals surface area (Å²) < 4.78 is 5.69. The van der Waals surface area contributed by atoms with E-state index >= 15 is 0 Å². The van der Waals surface area contributed by atoms with E-state index in [-0.39, 0.29) is 0 Å². The minimum atomic E-state index is 0.331. The number of nitrogens with one attached hydrogen (secondary N) is 1. The maximum absolute atomic E-state index is 5.69. The van der Waals surface area contributed by atoms with Crippen molar-refractivity contribution in [1.29, 1.82) is 0 Å². The van der Waals surface area contributed by atoms with E-state index in [9.17, 15) is 0 Å². The van der Waals surface area contributed by atoms with Crippen LogP contribution in [0.2, 0.25) is 0 Å². The molecular weight excluding hydrogens is 188 g/mol. The van der Waals surface area contributed by atoms with E-state index in [2.05, 4.69) is 22.4 Å². The Morgan fingerprint density at radius 3 is 2.73 bits per heavy atom. The minimum Gasteiger partial charge on any atom is -0.366 e. The summed E-state index contributed by atoms with van der Waals surface area (Å²) in [5, 5.41) is 3.39. The molecule has 0 bridgehead atoms. The maximum atomic E-state index is 5.69. The third-order valence-electron chi connectivity index (χ3n) is 3.47. The van der Waals surface area contributed by atoms with E-state index in [1.165, 1.54) is 19.3 Å². The van der Waals surface area contributed by atoms with Crippen LogP contribution in [0.25, 0.3) is 0 Å². The van der Waals surface area contributed by atoms with Gasteiger partial charge in [0.05, 0.1) is 0 Å². The Kier molecular flexibility index (Phi) is 4.18. The topological polar surface area (TPSA) is 24.5 Å². The van der Waals surface area contributed by atoms with Crippen LogP contribution >= 0.6 is 0 Å². The van der Waals surface area contributed by atoms with Crippen LogP contribution in [0.5, 0.6) is 0 Å². The molecule has 0 spiro atoms. The molecule has 0 amide bonds. The van der Waals surface area contributed by atoms with Crippen LogP contribution in [-0.2, 0) is 4.74 Å². The Bertz CT molecular complexity index is 212. The fourth-order valence-electron chi connectivity index (χ4n) is 2.65. The molecule has 1 heterocycles. The zero-order valence-electron chi connectivity index (χ0n) is 9.61. The molecular formula is C12H22N2O. The van der Waals surface area contributed by atoms with Crippen molar-refractivity contribution in [2.45, 2.75) is 25.5 Å². The van der Waals surface area contributed by atoms with Gasteiger partial charge in [-0.25, -0.2) is 0 Å². The zero-order valence-corrected chi connectivity index (χ0v) is 9.61. The van der Waals surface area contributed by atoms with Crippen LogP contribution in [0.4, 0.5) is 0 Å². The molecule has 1 N–H and O–H groups in total. The van der Waals surface area contributed by atoms with Gasteiger partial charge in [-0.1, -0.05) is 12.2 Å². The van der Waals surface area contributed by atoms with Crippen molar-refractivity contribution in [3.8, 4) is 0 Å². The van der Waals surface area contributed by atoms with Gasteiger partial charge in [-0.15, -0.1) is 0 Å². The van der Waals surface area contributed by atoms with E-state index in [1.54, 1.807) is 0 Å². The van der Waals surface area contributed by atoms with Crippen molar-refractivity contribution >= 4 is 0 Å². The van der Waals surface area contributed by atoms with Crippen LogP contribution < -0.4 is 5.32 Å². The van der Waals surface area contributed by atoms with Gasteiger partial charge in [0.15, 0.2) is 0 Å². The monoisotopic (exact) mass is 210 g/mol. The second kappa shape index (κ2) is 5.64. The Hall–Kier alpha value is -0.380. The standard InChI is InChI=1S/C12H22N2O/c1-15-12(11-5-3-2-4-6-11)14-9-7-13-8-10-14/h2-3,11-13H,4-10H2,1H3. The summed E-state index contributed by atoms with van der Waals surface area (Å²) in [6.07, 6.45) is 8.61. The van der Waals surface area contributed by atoms with Crippen molar-refractivity contribution in [2.24, 2.45) is 5.92 Å². The zero-order chi connectivity index (χ0) is 10.5. The van der Waals surface area contributed by atoms with Gasteiger partial charge in [0.2, 0.25) is 0 Å². The van der Waals surface area contributed by atoms with Crippen LogP contribution in [-0.4, -0.2) is 44.4 Å². The largest absolute Gasteiger partial charge is 0.366 e. The molecule has 0 radical (unpaired) electrons. The van der Waals surface area contributed by atoms with Gasteiger partial charge in [0, 0.05) is 39.2 Å². The number of hydrogen-bond donors (Lipinski definition) is 1. The Balaban J connectivity index is 1.92. The first-order valence-electron chi connectivity index (χ1n) is 6.04. The van der Waals surface area contributed by atoms with E-state index in [1.807, 2.05) is 7.11 Å². The van der Waals surface area contributed by atoms with Crippen molar-refractivity contribution in [3.05, 3.63) is 12.2 Å². The lowest BCUT2D eigenvalue weighted by atomic mass is 9.92. The van der Waals surface area contributed by atoms with E-state index in [0.717, 1.165) is 26.2 Å². The molecule has 15 heavy (non-hydrogen) atoms. The quantitative estimate of drug-likeness (QED) is 0.709. The van der Waals surface area contributed by atoms with Crippen molar-refractivity contribution in [3.63, 3.8) is 0 Å². The fraction of sp³-hybridized carbons (Fsp3) is 0.833. The molecule has 0 aromatic carbocycles. The predicted octanol–water partition coefficient (Wildman–Crippen LogP) is 1.22. The number of rotatable bonds is 3. The summed E-state index contributed by atoms with van der Waals surface area (Å²) in [5.41, 5.74) is 0. The summed E-state index contributed by atoms with van der Waals surface area (Å²) >= 11 is 0. The molecule has 2 unspecified atom stereocenters. The first-order valence-corrected chi connectivity index (χ1v) is 6.04. The third-order valence-corrected chi connectivity index (χ3v) is 3.47. The lowest BCUT2D eigenvalue weighted by Gasteiger charge is -2.38. The lowest BCUT2D eigenvalue weighted by Crippen LogP contribution is -2.51. The first-order chi connectivity index (χ1) is 7.42. The van der Waals surface area contributed by atoms with Crippen LogP contribution in [0, 0.1) is 5.92 Å². The third kappa shape index (κ3) is 2.80.